The molecule has 0 atom stereocenters. The van der Waals surface area contributed by atoms with Gasteiger partial charge < -0.3 is 10.1 Å². The third-order valence-electron chi connectivity index (χ3n) is 4.89. The number of fused-ring (bicyclic) bond motifs is 2. The topological polar surface area (TPSA) is 66.5 Å². The first-order valence-corrected chi connectivity index (χ1v) is 10.1. The van der Waals surface area contributed by atoms with Crippen LogP contribution in [0.25, 0.3) is 0 Å². The summed E-state index contributed by atoms with van der Waals surface area (Å²) in [7, 11) is 0. The minimum absolute atomic E-state index is 0.205. The second-order valence-corrected chi connectivity index (χ2v) is 7.74. The first-order valence-electron chi connectivity index (χ1n) is 9.23. The highest BCUT2D eigenvalue weighted by Gasteiger charge is 2.17. The highest BCUT2D eigenvalue weighted by atomic mass is 32.1. The summed E-state index contributed by atoms with van der Waals surface area (Å²) in [5, 5.41) is 7.74. The van der Waals surface area contributed by atoms with Crippen LogP contribution in [-0.4, -0.2) is 42.2 Å². The van der Waals surface area contributed by atoms with Gasteiger partial charge in [0.05, 0.1) is 6.61 Å². The lowest BCUT2D eigenvalue weighted by Gasteiger charge is -2.26. The second kappa shape index (κ2) is 8.05. The van der Waals surface area contributed by atoms with Crippen molar-refractivity contribution >= 4 is 23.2 Å². The zero-order valence-electron chi connectivity index (χ0n) is 14.8. The Bertz CT molecular complexity index is 777. The average Bonchev–Trinajstić information content (AvgIpc) is 3.02. The molecule has 4 rings (SSSR count). The molecule has 2 N–H and O–H groups in total. The summed E-state index contributed by atoms with van der Waals surface area (Å²) in [6.45, 7) is 4.64. The van der Waals surface area contributed by atoms with Crippen molar-refractivity contribution in [3.63, 3.8) is 0 Å². The highest BCUT2D eigenvalue weighted by Crippen LogP contribution is 2.24. The summed E-state index contributed by atoms with van der Waals surface area (Å²) < 4.78 is 5.78. The molecule has 0 bridgehead atoms. The van der Waals surface area contributed by atoms with Gasteiger partial charge in [-0.3, -0.25) is 10.2 Å². The molecule has 0 radical (unpaired) electrons. The monoisotopic (exact) mass is 372 g/mol. The minimum atomic E-state index is -0.205. The molecule has 2 aliphatic rings. The van der Waals surface area contributed by atoms with Gasteiger partial charge in [-0.1, -0.05) is 0 Å². The predicted molar refractivity (Wildman–Crippen MR) is 103 cm³/mol. The van der Waals surface area contributed by atoms with Crippen LogP contribution in [0.3, 0.4) is 0 Å². The summed E-state index contributed by atoms with van der Waals surface area (Å²) in [6, 6.07) is 5.93. The largest absolute Gasteiger partial charge is 0.478 e. The number of thiophene rings is 1. The van der Waals surface area contributed by atoms with E-state index < -0.39 is 0 Å². The number of hydrogen-bond donors (Lipinski definition) is 2. The van der Waals surface area contributed by atoms with Gasteiger partial charge in [-0.25, -0.2) is 4.79 Å². The lowest BCUT2D eigenvalue weighted by Crippen LogP contribution is -2.30. The molecule has 2 amide bonds. The summed E-state index contributed by atoms with van der Waals surface area (Å²) in [5.41, 5.74) is 2.57. The fourth-order valence-electron chi connectivity index (χ4n) is 3.42. The van der Waals surface area contributed by atoms with E-state index in [1.165, 1.54) is 16.9 Å². The van der Waals surface area contributed by atoms with E-state index in [1.54, 1.807) is 0 Å². The predicted octanol–water partition coefficient (Wildman–Crippen LogP) is 3.04. The lowest BCUT2D eigenvalue weighted by molar-refractivity contribution is 0.235. The Morgan fingerprint density at radius 2 is 2.15 bits per heavy atom. The molecule has 26 heavy (non-hydrogen) atoms. The molecule has 0 aromatic carbocycles. The van der Waals surface area contributed by atoms with Crippen molar-refractivity contribution < 1.29 is 9.53 Å². The lowest BCUT2D eigenvalue weighted by atomic mass is 10.1. The number of unbranched alkanes of at least 4 members (excludes halogenated alkanes) is 1. The molecular weight excluding hydrogens is 348 g/mol. The van der Waals surface area contributed by atoms with Crippen LogP contribution in [-0.2, 0) is 19.4 Å². The van der Waals surface area contributed by atoms with E-state index in [0.717, 1.165) is 44.5 Å². The smallest absolute Gasteiger partial charge is 0.320 e. The number of nitrogens with one attached hydrogen (secondary N) is 2. The standard InChI is InChI=1S/C19H24N4O2S/c24-19-20-8-5-15-3-4-17(21-18(15)22-19)25-11-2-1-9-23-10-6-14-7-12-26-16(14)13-23/h3-4,7,12H,1-2,5-6,8-11,13H2,(H2,20,21,22,24). The molecule has 7 heteroatoms. The number of urea groups is 1. The quantitative estimate of drug-likeness (QED) is 0.765. The molecule has 4 heterocycles. The van der Waals surface area contributed by atoms with Gasteiger partial charge in [0.2, 0.25) is 5.88 Å². The van der Waals surface area contributed by atoms with E-state index >= 15 is 0 Å². The Morgan fingerprint density at radius 3 is 3.12 bits per heavy atom. The van der Waals surface area contributed by atoms with E-state index in [9.17, 15) is 4.79 Å². The van der Waals surface area contributed by atoms with Crippen molar-refractivity contribution in [2.75, 3.05) is 31.6 Å². The summed E-state index contributed by atoms with van der Waals surface area (Å²) in [6.07, 6.45) is 4.07. The maximum absolute atomic E-state index is 11.6. The number of pyridine rings is 1. The first-order chi connectivity index (χ1) is 12.8. The Morgan fingerprint density at radius 1 is 1.19 bits per heavy atom. The fourth-order valence-corrected chi connectivity index (χ4v) is 4.39. The fraction of sp³-hybridized carbons (Fsp3) is 0.474. The zero-order chi connectivity index (χ0) is 17.8. The number of ether oxygens (including phenoxy) is 1. The zero-order valence-corrected chi connectivity index (χ0v) is 15.6. The summed E-state index contributed by atoms with van der Waals surface area (Å²) in [5.74, 6) is 1.18. The van der Waals surface area contributed by atoms with Gasteiger partial charge >= 0.3 is 6.03 Å². The Kier molecular flexibility index (Phi) is 5.36. The number of nitrogens with zero attached hydrogens (tertiary/aromatic N) is 2. The third kappa shape index (κ3) is 4.16. The van der Waals surface area contributed by atoms with Gasteiger partial charge in [0, 0.05) is 30.6 Å². The average molecular weight is 372 g/mol. The van der Waals surface area contributed by atoms with E-state index in [0.29, 0.717) is 24.8 Å². The van der Waals surface area contributed by atoms with E-state index in [4.69, 9.17) is 4.74 Å². The van der Waals surface area contributed by atoms with Crippen molar-refractivity contribution in [1.82, 2.24) is 15.2 Å². The number of aromatic nitrogens is 1. The Hall–Kier alpha value is -2.12. The molecule has 2 aromatic rings. The van der Waals surface area contributed by atoms with E-state index in [1.807, 2.05) is 23.5 Å². The van der Waals surface area contributed by atoms with Crippen LogP contribution in [0.15, 0.2) is 23.6 Å². The van der Waals surface area contributed by atoms with Crippen LogP contribution >= 0.6 is 11.3 Å². The van der Waals surface area contributed by atoms with Gasteiger partial charge in [-0.05, 0) is 60.9 Å². The van der Waals surface area contributed by atoms with Crippen LogP contribution < -0.4 is 15.4 Å². The molecule has 0 spiro atoms. The number of carbonyl (C=O) groups is 1. The van der Waals surface area contributed by atoms with Gasteiger partial charge in [0.25, 0.3) is 0 Å². The van der Waals surface area contributed by atoms with E-state index in [-0.39, 0.29) is 6.03 Å². The molecule has 138 valence electrons. The van der Waals surface area contributed by atoms with Gasteiger partial charge in [-0.15, -0.1) is 11.3 Å². The SMILES string of the molecule is O=C1NCCc2ccc(OCCCCN3CCc4ccsc4C3)nc2N1. The third-order valence-corrected chi connectivity index (χ3v) is 5.83. The van der Waals surface area contributed by atoms with Crippen LogP contribution in [0.5, 0.6) is 5.88 Å². The van der Waals surface area contributed by atoms with Gasteiger partial charge in [0.1, 0.15) is 5.82 Å². The highest BCUT2D eigenvalue weighted by molar-refractivity contribution is 7.10. The molecule has 2 aromatic heterocycles. The van der Waals surface area contributed by atoms with Gasteiger partial charge in [-0.2, -0.15) is 4.98 Å². The van der Waals surface area contributed by atoms with Crippen molar-refractivity contribution in [3.05, 3.63) is 39.6 Å². The van der Waals surface area contributed by atoms with Crippen LogP contribution in [0, 0.1) is 0 Å². The van der Waals surface area contributed by atoms with Crippen LogP contribution in [0.4, 0.5) is 10.6 Å². The first kappa shape index (κ1) is 17.3. The number of rotatable bonds is 6. The summed E-state index contributed by atoms with van der Waals surface area (Å²) >= 11 is 1.87. The van der Waals surface area contributed by atoms with Crippen molar-refractivity contribution in [2.24, 2.45) is 0 Å². The molecule has 2 aliphatic heterocycles. The number of amides is 2. The molecular formula is C19H24N4O2S. The molecule has 6 nitrogen and oxygen atoms in total. The Labute approximate surface area is 157 Å². The molecule has 0 aliphatic carbocycles. The molecule has 0 fully saturated rings. The number of anilines is 1. The molecule has 0 saturated heterocycles. The van der Waals surface area contributed by atoms with Gasteiger partial charge in [0.15, 0.2) is 0 Å². The molecule has 0 saturated carbocycles. The second-order valence-electron chi connectivity index (χ2n) is 6.74. The van der Waals surface area contributed by atoms with Crippen LogP contribution in [0.2, 0.25) is 0 Å². The maximum atomic E-state index is 11.6. The van der Waals surface area contributed by atoms with Crippen molar-refractivity contribution in [2.45, 2.75) is 32.2 Å². The van der Waals surface area contributed by atoms with Crippen LogP contribution in [0.1, 0.15) is 28.8 Å². The Balaban J connectivity index is 1.20. The molecule has 0 unspecified atom stereocenters. The number of hydrogen-bond acceptors (Lipinski definition) is 5. The number of carbonyl (C=O) groups excluding carboxylic acids is 1. The minimum Gasteiger partial charge on any atom is -0.478 e. The van der Waals surface area contributed by atoms with Crippen molar-refractivity contribution in [1.29, 1.82) is 0 Å². The van der Waals surface area contributed by atoms with E-state index in [2.05, 4.69) is 32.0 Å². The summed E-state index contributed by atoms with van der Waals surface area (Å²) in [4.78, 5) is 20.0. The van der Waals surface area contributed by atoms with Crippen molar-refractivity contribution in [3.8, 4) is 5.88 Å². The maximum Gasteiger partial charge on any atom is 0.320 e. The normalized spacial score (nSPS) is 16.8.